The van der Waals surface area contributed by atoms with Gasteiger partial charge in [0, 0.05) is 12.4 Å². The molecule has 0 bridgehead atoms. The lowest BCUT2D eigenvalue weighted by atomic mass is 9.98. The van der Waals surface area contributed by atoms with Crippen LogP contribution >= 0.6 is 0 Å². The van der Waals surface area contributed by atoms with Gasteiger partial charge in [0.15, 0.2) is 5.69 Å². The monoisotopic (exact) mass is 366 g/mol. The number of halogens is 3. The fourth-order valence-corrected chi connectivity index (χ4v) is 3.31. The summed E-state index contributed by atoms with van der Waals surface area (Å²) in [4.78, 5) is 16.9. The maximum Gasteiger partial charge on any atom is 0.435 e. The minimum Gasteiger partial charge on any atom is -0.309 e. The highest BCUT2D eigenvalue weighted by molar-refractivity contribution is 5.92. The molecule has 1 saturated carbocycles. The number of pyridine rings is 1. The van der Waals surface area contributed by atoms with Crippen LogP contribution in [0.3, 0.4) is 0 Å². The van der Waals surface area contributed by atoms with E-state index < -0.39 is 23.8 Å². The Balaban J connectivity index is 1.81. The minimum atomic E-state index is -4.53. The van der Waals surface area contributed by atoms with Crippen molar-refractivity contribution >= 4 is 11.7 Å². The Hall–Kier alpha value is -2.38. The molecule has 1 fully saturated rings. The van der Waals surface area contributed by atoms with Crippen molar-refractivity contribution in [3.05, 3.63) is 41.9 Å². The number of hydrogen-bond donors (Lipinski definition) is 1. The Bertz CT molecular complexity index is 749. The molecule has 3 rings (SSSR count). The fraction of sp³-hybridized carbons (Fsp3) is 0.500. The van der Waals surface area contributed by atoms with Crippen LogP contribution in [-0.2, 0) is 11.0 Å². The molecule has 26 heavy (non-hydrogen) atoms. The van der Waals surface area contributed by atoms with Gasteiger partial charge < -0.3 is 5.32 Å². The van der Waals surface area contributed by atoms with Crippen LogP contribution in [0.5, 0.6) is 0 Å². The highest BCUT2D eigenvalue weighted by Gasteiger charge is 2.35. The smallest absolute Gasteiger partial charge is 0.309 e. The lowest BCUT2D eigenvalue weighted by molar-refractivity contribution is -0.142. The van der Waals surface area contributed by atoms with Crippen LogP contribution in [0.2, 0.25) is 0 Å². The molecule has 1 amide bonds. The Kier molecular flexibility index (Phi) is 5.29. The number of hydrogen-bond acceptors (Lipinski definition) is 3. The summed E-state index contributed by atoms with van der Waals surface area (Å²) in [5, 5.41) is 6.31. The Morgan fingerprint density at radius 1 is 1.31 bits per heavy atom. The second-order valence-corrected chi connectivity index (χ2v) is 6.79. The third kappa shape index (κ3) is 4.42. The Labute approximate surface area is 149 Å². The average molecular weight is 366 g/mol. The van der Waals surface area contributed by atoms with Crippen molar-refractivity contribution < 1.29 is 18.0 Å². The maximum absolute atomic E-state index is 12.9. The van der Waals surface area contributed by atoms with E-state index in [0.29, 0.717) is 18.2 Å². The summed E-state index contributed by atoms with van der Waals surface area (Å²) in [5.74, 6) is 0.292. The van der Waals surface area contributed by atoms with Gasteiger partial charge in [-0.3, -0.25) is 9.48 Å². The second kappa shape index (κ2) is 7.47. The van der Waals surface area contributed by atoms with Crippen LogP contribution in [0.1, 0.15) is 49.4 Å². The standard InChI is InChI=1S/C18H21F3N4O/c1-12-6-7-16(22-11-12)23-17(26)14(10-13-4-2-3-5-13)25-9-8-15(24-25)18(19,20)21/h6-9,11,13-14H,2-5,10H2,1H3,(H,22,23,26)/t14-/m0/s1. The van der Waals surface area contributed by atoms with Gasteiger partial charge in [0.2, 0.25) is 5.91 Å². The van der Waals surface area contributed by atoms with Crippen LogP contribution in [0.25, 0.3) is 0 Å². The molecule has 1 atom stereocenters. The van der Waals surface area contributed by atoms with Crippen molar-refractivity contribution in [3.8, 4) is 0 Å². The lowest BCUT2D eigenvalue weighted by Crippen LogP contribution is -2.29. The number of alkyl halides is 3. The molecule has 0 radical (unpaired) electrons. The van der Waals surface area contributed by atoms with Gasteiger partial charge >= 0.3 is 6.18 Å². The molecule has 2 aromatic rings. The molecule has 1 N–H and O–H groups in total. The normalized spacial score (nSPS) is 16.6. The summed E-state index contributed by atoms with van der Waals surface area (Å²) in [6.45, 7) is 1.88. The molecule has 5 nitrogen and oxygen atoms in total. The van der Waals surface area contributed by atoms with Crippen LogP contribution < -0.4 is 5.32 Å². The molecule has 0 saturated heterocycles. The van der Waals surface area contributed by atoms with E-state index in [1.54, 1.807) is 12.3 Å². The second-order valence-electron chi connectivity index (χ2n) is 6.79. The minimum absolute atomic E-state index is 0.315. The van der Waals surface area contributed by atoms with Crippen molar-refractivity contribution in [2.45, 2.75) is 51.2 Å². The number of aromatic nitrogens is 3. The number of anilines is 1. The predicted molar refractivity (Wildman–Crippen MR) is 90.4 cm³/mol. The Morgan fingerprint density at radius 3 is 2.62 bits per heavy atom. The van der Waals surface area contributed by atoms with Gasteiger partial charge in [0.1, 0.15) is 11.9 Å². The summed E-state index contributed by atoms with van der Waals surface area (Å²) >= 11 is 0. The summed E-state index contributed by atoms with van der Waals surface area (Å²) in [5.41, 5.74) is -0.0393. The fourth-order valence-electron chi connectivity index (χ4n) is 3.31. The molecule has 0 spiro atoms. The summed E-state index contributed by atoms with van der Waals surface area (Å²) in [6, 6.07) is 3.59. The molecular formula is C18H21F3N4O. The quantitative estimate of drug-likeness (QED) is 0.855. The summed E-state index contributed by atoms with van der Waals surface area (Å²) in [7, 11) is 0. The first-order valence-electron chi connectivity index (χ1n) is 8.69. The predicted octanol–water partition coefficient (Wildman–Crippen LogP) is 4.37. The van der Waals surface area contributed by atoms with Crippen LogP contribution in [0.4, 0.5) is 19.0 Å². The first kappa shape index (κ1) is 18.4. The molecule has 0 unspecified atom stereocenters. The van der Waals surface area contributed by atoms with E-state index in [9.17, 15) is 18.0 Å². The van der Waals surface area contributed by atoms with Gasteiger partial charge in [-0.15, -0.1) is 0 Å². The van der Waals surface area contributed by atoms with E-state index in [1.807, 2.05) is 13.0 Å². The van der Waals surface area contributed by atoms with Crippen molar-refractivity contribution in [1.82, 2.24) is 14.8 Å². The third-order valence-electron chi connectivity index (χ3n) is 4.71. The van der Waals surface area contributed by atoms with Gasteiger partial charge in [-0.05, 0) is 37.0 Å². The molecular weight excluding hydrogens is 345 g/mol. The zero-order chi connectivity index (χ0) is 18.7. The van der Waals surface area contributed by atoms with E-state index in [2.05, 4.69) is 15.4 Å². The molecule has 1 aliphatic rings. The van der Waals surface area contributed by atoms with Crippen molar-refractivity contribution in [2.24, 2.45) is 5.92 Å². The van der Waals surface area contributed by atoms with E-state index in [1.165, 1.54) is 6.20 Å². The highest BCUT2D eigenvalue weighted by Crippen LogP contribution is 2.33. The number of amides is 1. The van der Waals surface area contributed by atoms with Gasteiger partial charge in [-0.2, -0.15) is 18.3 Å². The van der Waals surface area contributed by atoms with Gasteiger partial charge in [-0.25, -0.2) is 4.98 Å². The SMILES string of the molecule is Cc1ccc(NC(=O)[C@H](CC2CCCC2)n2ccc(C(F)(F)F)n2)nc1. The largest absolute Gasteiger partial charge is 0.435 e. The van der Waals surface area contributed by atoms with Crippen molar-refractivity contribution in [3.63, 3.8) is 0 Å². The zero-order valence-electron chi connectivity index (χ0n) is 14.5. The first-order chi connectivity index (χ1) is 12.3. The average Bonchev–Trinajstić information content (AvgIpc) is 3.25. The molecule has 2 aromatic heterocycles. The maximum atomic E-state index is 12.9. The highest BCUT2D eigenvalue weighted by atomic mass is 19.4. The number of rotatable bonds is 5. The van der Waals surface area contributed by atoms with Crippen LogP contribution in [0.15, 0.2) is 30.6 Å². The topological polar surface area (TPSA) is 59.8 Å². The summed E-state index contributed by atoms with van der Waals surface area (Å²) < 4.78 is 39.7. The molecule has 140 valence electrons. The summed E-state index contributed by atoms with van der Waals surface area (Å²) in [6.07, 6.45) is 2.94. The van der Waals surface area contributed by atoms with E-state index in [4.69, 9.17) is 0 Å². The number of nitrogens with one attached hydrogen (secondary N) is 1. The molecule has 1 aliphatic carbocycles. The number of carbonyl (C=O) groups excluding carboxylic acids is 1. The molecule has 0 aromatic carbocycles. The Morgan fingerprint density at radius 2 is 2.04 bits per heavy atom. The number of carbonyl (C=O) groups is 1. The van der Waals surface area contributed by atoms with E-state index >= 15 is 0 Å². The van der Waals surface area contributed by atoms with E-state index in [0.717, 1.165) is 42.0 Å². The lowest BCUT2D eigenvalue weighted by Gasteiger charge is -2.20. The van der Waals surface area contributed by atoms with Crippen LogP contribution in [0, 0.1) is 12.8 Å². The number of nitrogens with zero attached hydrogens (tertiary/aromatic N) is 3. The molecule has 0 aliphatic heterocycles. The van der Waals surface area contributed by atoms with Crippen molar-refractivity contribution in [2.75, 3.05) is 5.32 Å². The third-order valence-corrected chi connectivity index (χ3v) is 4.71. The molecule has 2 heterocycles. The zero-order valence-corrected chi connectivity index (χ0v) is 14.5. The van der Waals surface area contributed by atoms with E-state index in [-0.39, 0.29) is 0 Å². The number of aryl methyl sites for hydroxylation is 1. The van der Waals surface area contributed by atoms with Crippen molar-refractivity contribution in [1.29, 1.82) is 0 Å². The first-order valence-corrected chi connectivity index (χ1v) is 8.69. The van der Waals surface area contributed by atoms with Crippen LogP contribution in [-0.4, -0.2) is 20.7 Å². The van der Waals surface area contributed by atoms with Gasteiger partial charge in [0.25, 0.3) is 0 Å². The van der Waals surface area contributed by atoms with Gasteiger partial charge in [-0.1, -0.05) is 31.7 Å². The molecule has 8 heteroatoms. The van der Waals surface area contributed by atoms with Gasteiger partial charge in [0.05, 0.1) is 0 Å².